The molecular weight excluding hydrogens is 308 g/mol. The molecule has 0 radical (unpaired) electrons. The van der Waals surface area contributed by atoms with Gasteiger partial charge in [0.1, 0.15) is 24.6 Å². The number of carbonyl (C=O) groups excluding carboxylic acids is 1. The fraction of sp³-hybridized carbons (Fsp3) is 0.118. The van der Waals surface area contributed by atoms with Gasteiger partial charge >= 0.3 is 0 Å². The average molecular weight is 322 g/mol. The molecular formula is C17H14N4O3. The zero-order valence-electron chi connectivity index (χ0n) is 12.7. The summed E-state index contributed by atoms with van der Waals surface area (Å²) in [5.41, 5.74) is 2.29. The van der Waals surface area contributed by atoms with E-state index < -0.39 is 0 Å². The number of benzene rings is 1. The largest absolute Gasteiger partial charge is 0.486 e. The molecule has 0 saturated carbocycles. The van der Waals surface area contributed by atoms with Crippen LogP contribution in [0.5, 0.6) is 11.5 Å². The highest BCUT2D eigenvalue weighted by molar-refractivity contribution is 6.03. The summed E-state index contributed by atoms with van der Waals surface area (Å²) < 4.78 is 11.0. The van der Waals surface area contributed by atoms with Gasteiger partial charge in [0.2, 0.25) is 0 Å². The second-order valence-electron chi connectivity index (χ2n) is 5.19. The fourth-order valence-corrected chi connectivity index (χ4v) is 2.40. The quantitative estimate of drug-likeness (QED) is 0.773. The third-order valence-electron chi connectivity index (χ3n) is 3.55. The molecule has 24 heavy (non-hydrogen) atoms. The number of aromatic amines is 1. The second kappa shape index (κ2) is 6.04. The molecule has 1 aromatic carbocycles. The van der Waals surface area contributed by atoms with E-state index in [0.29, 0.717) is 47.5 Å². The van der Waals surface area contributed by atoms with Crippen molar-refractivity contribution < 1.29 is 14.3 Å². The number of rotatable bonds is 3. The summed E-state index contributed by atoms with van der Waals surface area (Å²) in [4.78, 5) is 16.6. The highest BCUT2D eigenvalue weighted by atomic mass is 16.6. The molecule has 120 valence electrons. The summed E-state index contributed by atoms with van der Waals surface area (Å²) in [5, 5.41) is 9.66. The minimum absolute atomic E-state index is 0.290. The first kappa shape index (κ1) is 14.3. The van der Waals surface area contributed by atoms with Gasteiger partial charge in [-0.2, -0.15) is 5.10 Å². The molecule has 0 unspecified atom stereocenters. The number of pyridine rings is 1. The zero-order valence-corrected chi connectivity index (χ0v) is 12.7. The highest BCUT2D eigenvalue weighted by Gasteiger charge is 2.15. The van der Waals surface area contributed by atoms with Crippen LogP contribution in [0.25, 0.3) is 11.4 Å². The molecule has 0 spiro atoms. The number of amides is 1. The summed E-state index contributed by atoms with van der Waals surface area (Å²) >= 11 is 0. The lowest BCUT2D eigenvalue weighted by molar-refractivity contribution is 0.102. The number of hydrogen-bond acceptors (Lipinski definition) is 5. The molecule has 0 bridgehead atoms. The number of hydrogen-bond donors (Lipinski definition) is 2. The Bertz CT molecular complexity index is 877. The fourth-order valence-electron chi connectivity index (χ4n) is 2.40. The topological polar surface area (TPSA) is 89.1 Å². The number of nitrogens with zero attached hydrogens (tertiary/aromatic N) is 2. The molecule has 3 aromatic rings. The maximum Gasteiger partial charge on any atom is 0.273 e. The maximum atomic E-state index is 12.4. The summed E-state index contributed by atoms with van der Waals surface area (Å²) in [6.45, 7) is 1.03. The van der Waals surface area contributed by atoms with Crippen molar-refractivity contribution in [1.82, 2.24) is 15.2 Å². The molecule has 1 aliphatic heterocycles. The molecule has 0 aliphatic carbocycles. The van der Waals surface area contributed by atoms with E-state index in [1.54, 1.807) is 30.5 Å². The third kappa shape index (κ3) is 2.79. The molecule has 3 heterocycles. The third-order valence-corrected chi connectivity index (χ3v) is 3.55. The standard InChI is InChI=1S/C17H14N4O3/c22-17(14-10-13(20-21-14)12-3-1-2-6-18-12)19-11-4-5-15-16(9-11)24-8-7-23-15/h1-6,9-10H,7-8H2,(H,19,22)(H,20,21). The SMILES string of the molecule is O=C(Nc1ccc2c(c1)OCCO2)c1cc(-c2ccccn2)n[nH]1. The van der Waals surface area contributed by atoms with Gasteiger partial charge in [-0.25, -0.2) is 0 Å². The summed E-state index contributed by atoms with van der Waals surface area (Å²) in [6.07, 6.45) is 1.68. The Labute approximate surface area is 137 Å². The lowest BCUT2D eigenvalue weighted by atomic mass is 10.2. The first-order valence-corrected chi connectivity index (χ1v) is 7.47. The van der Waals surface area contributed by atoms with Crippen LogP contribution in [0.3, 0.4) is 0 Å². The molecule has 4 rings (SSSR count). The predicted octanol–water partition coefficient (Wildman–Crippen LogP) is 2.50. The molecule has 7 heteroatoms. The number of ether oxygens (including phenoxy) is 2. The Morgan fingerprint density at radius 1 is 1.04 bits per heavy atom. The molecule has 0 fully saturated rings. The molecule has 7 nitrogen and oxygen atoms in total. The lowest BCUT2D eigenvalue weighted by Crippen LogP contribution is -2.16. The van der Waals surface area contributed by atoms with Crippen molar-refractivity contribution in [2.24, 2.45) is 0 Å². The minimum Gasteiger partial charge on any atom is -0.486 e. The molecule has 1 aliphatic rings. The van der Waals surface area contributed by atoms with E-state index in [1.807, 2.05) is 18.2 Å². The van der Waals surface area contributed by atoms with E-state index in [1.165, 1.54) is 0 Å². The Kier molecular flexibility index (Phi) is 3.59. The van der Waals surface area contributed by atoms with Crippen molar-refractivity contribution in [3.63, 3.8) is 0 Å². The lowest BCUT2D eigenvalue weighted by Gasteiger charge is -2.18. The number of aromatic nitrogens is 3. The van der Waals surface area contributed by atoms with E-state index in [9.17, 15) is 4.79 Å². The normalized spacial score (nSPS) is 12.7. The summed E-state index contributed by atoms with van der Waals surface area (Å²) in [6, 6.07) is 12.5. The average Bonchev–Trinajstić information content (AvgIpc) is 3.13. The Morgan fingerprint density at radius 2 is 1.92 bits per heavy atom. The van der Waals surface area contributed by atoms with Gasteiger partial charge in [0.15, 0.2) is 11.5 Å². The van der Waals surface area contributed by atoms with Gasteiger partial charge < -0.3 is 14.8 Å². The number of carbonyl (C=O) groups is 1. The van der Waals surface area contributed by atoms with Crippen LogP contribution in [0.15, 0.2) is 48.7 Å². The van der Waals surface area contributed by atoms with Gasteiger partial charge in [-0.05, 0) is 30.3 Å². The number of nitrogens with one attached hydrogen (secondary N) is 2. The van der Waals surface area contributed by atoms with Crippen molar-refractivity contribution >= 4 is 11.6 Å². The van der Waals surface area contributed by atoms with E-state index in [2.05, 4.69) is 20.5 Å². The van der Waals surface area contributed by atoms with E-state index in [4.69, 9.17) is 9.47 Å². The molecule has 2 aromatic heterocycles. The first-order chi connectivity index (χ1) is 11.8. The van der Waals surface area contributed by atoms with Gasteiger partial charge in [0, 0.05) is 18.0 Å². The maximum absolute atomic E-state index is 12.4. The Morgan fingerprint density at radius 3 is 2.75 bits per heavy atom. The van der Waals surface area contributed by atoms with E-state index in [-0.39, 0.29) is 5.91 Å². The van der Waals surface area contributed by atoms with Crippen LogP contribution < -0.4 is 14.8 Å². The van der Waals surface area contributed by atoms with Gasteiger partial charge in [-0.15, -0.1) is 0 Å². The Balaban J connectivity index is 1.51. The summed E-state index contributed by atoms with van der Waals surface area (Å²) in [7, 11) is 0. The van der Waals surface area contributed by atoms with Crippen LogP contribution in [-0.2, 0) is 0 Å². The van der Waals surface area contributed by atoms with Gasteiger partial charge in [-0.1, -0.05) is 6.07 Å². The van der Waals surface area contributed by atoms with E-state index >= 15 is 0 Å². The van der Waals surface area contributed by atoms with Crippen LogP contribution >= 0.6 is 0 Å². The molecule has 0 saturated heterocycles. The first-order valence-electron chi connectivity index (χ1n) is 7.47. The van der Waals surface area contributed by atoms with Gasteiger partial charge in [0.25, 0.3) is 5.91 Å². The highest BCUT2D eigenvalue weighted by Crippen LogP contribution is 2.32. The van der Waals surface area contributed by atoms with Crippen molar-refractivity contribution in [3.05, 3.63) is 54.4 Å². The number of H-pyrrole nitrogens is 1. The van der Waals surface area contributed by atoms with Crippen molar-refractivity contribution in [2.45, 2.75) is 0 Å². The Hall–Kier alpha value is -3.35. The van der Waals surface area contributed by atoms with Crippen molar-refractivity contribution in [1.29, 1.82) is 0 Å². The second-order valence-corrected chi connectivity index (χ2v) is 5.19. The van der Waals surface area contributed by atoms with E-state index in [0.717, 1.165) is 0 Å². The molecule has 1 amide bonds. The van der Waals surface area contributed by atoms with Gasteiger partial charge in [-0.3, -0.25) is 14.9 Å². The van der Waals surface area contributed by atoms with Crippen LogP contribution in [0.4, 0.5) is 5.69 Å². The van der Waals surface area contributed by atoms with Crippen LogP contribution in [0, 0.1) is 0 Å². The van der Waals surface area contributed by atoms with Gasteiger partial charge in [0.05, 0.1) is 5.69 Å². The smallest absolute Gasteiger partial charge is 0.273 e. The van der Waals surface area contributed by atoms with Crippen LogP contribution in [0.2, 0.25) is 0 Å². The molecule has 2 N–H and O–H groups in total. The van der Waals surface area contributed by atoms with Crippen LogP contribution in [0.1, 0.15) is 10.5 Å². The van der Waals surface area contributed by atoms with Crippen molar-refractivity contribution in [2.75, 3.05) is 18.5 Å². The number of fused-ring (bicyclic) bond motifs is 1. The van der Waals surface area contributed by atoms with Crippen LogP contribution in [-0.4, -0.2) is 34.3 Å². The zero-order chi connectivity index (χ0) is 16.4. The minimum atomic E-state index is -0.290. The number of anilines is 1. The summed E-state index contributed by atoms with van der Waals surface area (Å²) in [5.74, 6) is 1.01. The van der Waals surface area contributed by atoms with Crippen molar-refractivity contribution in [3.8, 4) is 22.9 Å². The predicted molar refractivity (Wildman–Crippen MR) is 87.2 cm³/mol. The molecule has 0 atom stereocenters. The monoisotopic (exact) mass is 322 g/mol.